The molecule has 0 spiro atoms. The van der Waals surface area contributed by atoms with E-state index in [-0.39, 0.29) is 0 Å². The summed E-state index contributed by atoms with van der Waals surface area (Å²) in [5.74, 6) is 1.82. The van der Waals surface area contributed by atoms with E-state index in [1.54, 1.807) is 43.2 Å². The molecule has 0 aliphatic carbocycles. The maximum atomic E-state index is 6.24. The molecule has 2 N–H and O–H groups in total. The maximum Gasteiger partial charge on any atom is 0.176 e. The molecular weight excluding hydrogens is 499 g/mol. The van der Waals surface area contributed by atoms with Crippen molar-refractivity contribution in [1.82, 2.24) is 9.78 Å². The molecule has 0 saturated carbocycles. The van der Waals surface area contributed by atoms with Gasteiger partial charge in [-0.15, -0.1) is 0 Å². The van der Waals surface area contributed by atoms with Gasteiger partial charge in [-0.3, -0.25) is 4.68 Å². The topological polar surface area (TPSA) is 60.3 Å². The second-order valence-electron chi connectivity index (χ2n) is 5.91. The maximum absolute atomic E-state index is 6.24. The molecule has 0 bridgehead atoms. The predicted octanol–water partition coefficient (Wildman–Crippen LogP) is 5.83. The van der Waals surface area contributed by atoms with Crippen LogP contribution < -0.4 is 20.1 Å². The summed E-state index contributed by atoms with van der Waals surface area (Å²) in [6.07, 6.45) is 1.84. The summed E-state index contributed by atoms with van der Waals surface area (Å²) in [7, 11) is 3.16. The number of ether oxygens (including phenoxy) is 2. The molecule has 0 saturated heterocycles. The van der Waals surface area contributed by atoms with Gasteiger partial charge < -0.3 is 20.1 Å². The van der Waals surface area contributed by atoms with Crippen LogP contribution in [0, 0.1) is 0 Å². The van der Waals surface area contributed by atoms with Crippen molar-refractivity contribution < 1.29 is 9.47 Å². The molecule has 6 nitrogen and oxygen atoms in total. The van der Waals surface area contributed by atoms with Gasteiger partial charge in [-0.1, -0.05) is 29.3 Å². The third kappa shape index (κ3) is 5.54. The lowest BCUT2D eigenvalue weighted by molar-refractivity contribution is 0.355. The number of hydrogen-bond acceptors (Lipinski definition) is 4. The average Bonchev–Trinajstić information content (AvgIpc) is 3.02. The monoisotopic (exact) mass is 514 g/mol. The summed E-state index contributed by atoms with van der Waals surface area (Å²) in [6, 6.07) is 10.8. The Hall–Kier alpha value is -2.00. The Labute approximate surface area is 192 Å². The van der Waals surface area contributed by atoms with Gasteiger partial charge in [-0.05, 0) is 58.0 Å². The molecule has 152 valence electrons. The highest BCUT2D eigenvalue weighted by molar-refractivity contribution is 9.10. The Kier molecular flexibility index (Phi) is 7.23. The fourth-order valence-corrected chi connectivity index (χ4v) is 3.67. The minimum atomic E-state index is 0.382. The summed E-state index contributed by atoms with van der Waals surface area (Å²) in [5, 5.41) is 12.2. The molecule has 0 unspecified atom stereocenters. The summed E-state index contributed by atoms with van der Waals surface area (Å²) < 4.78 is 13.1. The van der Waals surface area contributed by atoms with Crippen molar-refractivity contribution in [2.24, 2.45) is 0 Å². The van der Waals surface area contributed by atoms with E-state index in [9.17, 15) is 0 Å². The largest absolute Gasteiger partial charge is 0.493 e. The standard InChI is InChI=1S/C19H17BrCl2N4O2S/c1-27-16-6-5-13(8-17(16)28-2)23-19(29)24-18-14(20)10-26(25-18)9-11-3-4-12(21)7-15(11)22/h3-8,10H,9H2,1-2H3,(H2,23,24,25,29). The third-order valence-electron chi connectivity index (χ3n) is 3.94. The van der Waals surface area contributed by atoms with Crippen molar-refractivity contribution >= 4 is 68.0 Å². The first-order valence-corrected chi connectivity index (χ1v) is 10.3. The lowest BCUT2D eigenvalue weighted by Gasteiger charge is -2.12. The van der Waals surface area contributed by atoms with E-state index in [0.29, 0.717) is 39.0 Å². The fraction of sp³-hybridized carbons (Fsp3) is 0.158. The van der Waals surface area contributed by atoms with E-state index in [0.717, 1.165) is 15.7 Å². The Morgan fingerprint density at radius 3 is 2.55 bits per heavy atom. The summed E-state index contributed by atoms with van der Waals surface area (Å²) in [5.41, 5.74) is 1.66. The average molecular weight is 516 g/mol. The van der Waals surface area contributed by atoms with Crippen LogP contribution in [-0.4, -0.2) is 29.1 Å². The molecular formula is C19H17BrCl2N4O2S. The minimum Gasteiger partial charge on any atom is -0.493 e. The van der Waals surface area contributed by atoms with Crippen LogP contribution in [0.5, 0.6) is 11.5 Å². The Balaban J connectivity index is 1.68. The number of nitrogens with one attached hydrogen (secondary N) is 2. The zero-order chi connectivity index (χ0) is 21.0. The van der Waals surface area contributed by atoms with Crippen molar-refractivity contribution in [3.05, 3.63) is 62.7 Å². The number of benzene rings is 2. The SMILES string of the molecule is COc1ccc(NC(=S)Nc2nn(Cc3ccc(Cl)cc3Cl)cc2Br)cc1OC. The molecule has 10 heteroatoms. The van der Waals surface area contributed by atoms with Crippen LogP contribution in [0.3, 0.4) is 0 Å². The van der Waals surface area contributed by atoms with Gasteiger partial charge in [0.05, 0.1) is 25.2 Å². The number of methoxy groups -OCH3 is 2. The molecule has 0 radical (unpaired) electrons. The van der Waals surface area contributed by atoms with E-state index in [2.05, 4.69) is 31.7 Å². The van der Waals surface area contributed by atoms with Crippen LogP contribution in [-0.2, 0) is 6.54 Å². The lowest BCUT2D eigenvalue weighted by Crippen LogP contribution is -2.19. The zero-order valence-electron chi connectivity index (χ0n) is 15.5. The lowest BCUT2D eigenvalue weighted by atomic mass is 10.2. The first-order chi connectivity index (χ1) is 13.9. The molecule has 0 atom stereocenters. The number of halogens is 3. The summed E-state index contributed by atoms with van der Waals surface area (Å²) >= 11 is 21.1. The van der Waals surface area contributed by atoms with Gasteiger partial charge in [0.15, 0.2) is 22.4 Å². The summed E-state index contributed by atoms with van der Waals surface area (Å²) in [4.78, 5) is 0. The van der Waals surface area contributed by atoms with Gasteiger partial charge in [0.25, 0.3) is 0 Å². The molecule has 0 fully saturated rings. The van der Waals surface area contributed by atoms with Crippen molar-refractivity contribution in [3.8, 4) is 11.5 Å². The Morgan fingerprint density at radius 2 is 1.86 bits per heavy atom. The minimum absolute atomic E-state index is 0.382. The molecule has 0 aliphatic heterocycles. The van der Waals surface area contributed by atoms with Crippen LogP contribution in [0.1, 0.15) is 5.56 Å². The van der Waals surface area contributed by atoms with Crippen molar-refractivity contribution in [3.63, 3.8) is 0 Å². The van der Waals surface area contributed by atoms with Gasteiger partial charge in [0, 0.05) is 28.0 Å². The van der Waals surface area contributed by atoms with Crippen molar-refractivity contribution in [2.45, 2.75) is 6.54 Å². The molecule has 1 aromatic heterocycles. The number of hydrogen-bond donors (Lipinski definition) is 2. The second-order valence-corrected chi connectivity index (χ2v) is 8.01. The highest BCUT2D eigenvalue weighted by Crippen LogP contribution is 2.30. The van der Waals surface area contributed by atoms with E-state index in [1.807, 2.05) is 18.3 Å². The highest BCUT2D eigenvalue weighted by atomic mass is 79.9. The molecule has 3 aromatic rings. The Bertz CT molecular complexity index is 1050. The van der Waals surface area contributed by atoms with Gasteiger partial charge in [0.2, 0.25) is 0 Å². The van der Waals surface area contributed by atoms with Crippen LogP contribution in [0.2, 0.25) is 10.0 Å². The number of aromatic nitrogens is 2. The first kappa shape index (κ1) is 21.7. The van der Waals surface area contributed by atoms with Crippen molar-refractivity contribution in [2.75, 3.05) is 24.9 Å². The highest BCUT2D eigenvalue weighted by Gasteiger charge is 2.11. The van der Waals surface area contributed by atoms with E-state index in [1.165, 1.54) is 0 Å². The van der Waals surface area contributed by atoms with Gasteiger partial charge >= 0.3 is 0 Å². The smallest absolute Gasteiger partial charge is 0.176 e. The Morgan fingerprint density at radius 1 is 1.10 bits per heavy atom. The van der Waals surface area contributed by atoms with E-state index >= 15 is 0 Å². The predicted molar refractivity (Wildman–Crippen MR) is 125 cm³/mol. The van der Waals surface area contributed by atoms with Crippen LogP contribution >= 0.6 is 51.3 Å². The third-order valence-corrected chi connectivity index (χ3v) is 5.31. The number of anilines is 2. The summed E-state index contributed by atoms with van der Waals surface area (Å²) in [6.45, 7) is 0.492. The quantitative estimate of drug-likeness (QED) is 0.403. The molecule has 2 aromatic carbocycles. The van der Waals surface area contributed by atoms with Crippen LogP contribution in [0.15, 0.2) is 47.1 Å². The number of nitrogens with zero attached hydrogens (tertiary/aromatic N) is 2. The normalized spacial score (nSPS) is 10.5. The van der Waals surface area contributed by atoms with Crippen LogP contribution in [0.25, 0.3) is 0 Å². The van der Waals surface area contributed by atoms with Gasteiger partial charge in [-0.2, -0.15) is 5.10 Å². The second kappa shape index (κ2) is 9.67. The molecule has 0 amide bonds. The molecule has 0 aliphatic rings. The molecule has 29 heavy (non-hydrogen) atoms. The molecule has 1 heterocycles. The number of rotatable bonds is 6. The van der Waals surface area contributed by atoms with E-state index in [4.69, 9.17) is 44.9 Å². The van der Waals surface area contributed by atoms with Gasteiger partial charge in [0.1, 0.15) is 0 Å². The number of thiocarbonyl (C=S) groups is 1. The zero-order valence-corrected chi connectivity index (χ0v) is 19.4. The first-order valence-electron chi connectivity index (χ1n) is 8.36. The van der Waals surface area contributed by atoms with Gasteiger partial charge in [-0.25, -0.2) is 0 Å². The fourth-order valence-electron chi connectivity index (χ4n) is 2.57. The van der Waals surface area contributed by atoms with Crippen molar-refractivity contribution in [1.29, 1.82) is 0 Å². The molecule has 3 rings (SSSR count). The van der Waals surface area contributed by atoms with E-state index < -0.39 is 0 Å². The van der Waals surface area contributed by atoms with Crippen LogP contribution in [0.4, 0.5) is 11.5 Å².